The Morgan fingerprint density at radius 3 is 1.92 bits per heavy atom. The second-order valence-electron chi connectivity index (χ2n) is 15.7. The van der Waals surface area contributed by atoms with E-state index < -0.39 is 40.7 Å². The molecule has 212 valence electrons. The van der Waals surface area contributed by atoms with Crippen LogP contribution in [-0.4, -0.2) is 59.7 Å². The predicted molar refractivity (Wildman–Crippen MR) is 138 cm³/mol. The van der Waals surface area contributed by atoms with Gasteiger partial charge in [-0.1, -0.05) is 60.1 Å². The van der Waals surface area contributed by atoms with Crippen LogP contribution in [0, 0.1) is 50.2 Å². The second-order valence-corrected chi connectivity index (χ2v) is 15.7. The fourth-order valence-electron chi connectivity index (χ4n) is 10.7. The quantitative estimate of drug-likeness (QED) is 0.207. The van der Waals surface area contributed by atoms with Crippen LogP contribution < -0.4 is 0 Å². The number of hydrogen-bond donors (Lipinski definition) is 7. The zero-order valence-corrected chi connectivity index (χ0v) is 23.8. The van der Waals surface area contributed by atoms with E-state index in [1.54, 1.807) is 6.92 Å². The highest BCUT2D eigenvalue weighted by atomic mass is 16.7. The molecule has 37 heavy (non-hydrogen) atoms. The summed E-state index contributed by atoms with van der Waals surface area (Å²) >= 11 is 0. The molecule has 7 nitrogen and oxygen atoms in total. The van der Waals surface area contributed by atoms with Crippen molar-refractivity contribution < 1.29 is 35.7 Å². The Morgan fingerprint density at radius 1 is 0.730 bits per heavy atom. The first-order valence-electron chi connectivity index (χ1n) is 14.3. The Labute approximate surface area is 221 Å². The van der Waals surface area contributed by atoms with Gasteiger partial charge in [-0.15, -0.1) is 0 Å². The lowest BCUT2D eigenvalue weighted by molar-refractivity contribution is -0.542. The minimum atomic E-state index is -3.68. The van der Waals surface area contributed by atoms with Gasteiger partial charge in [0.05, 0.1) is 12.0 Å². The van der Waals surface area contributed by atoms with Gasteiger partial charge in [-0.3, -0.25) is 0 Å². The molecular formula is C30H50O7. The molecule has 0 aromatic carbocycles. The van der Waals surface area contributed by atoms with Crippen molar-refractivity contribution in [2.75, 3.05) is 6.61 Å². The van der Waals surface area contributed by atoms with Crippen LogP contribution in [0.1, 0.15) is 99.8 Å². The molecule has 0 amide bonds. The Bertz CT molecular complexity index is 1020. The molecule has 7 N–H and O–H groups in total. The fourth-order valence-corrected chi connectivity index (χ4v) is 10.7. The average molecular weight is 523 g/mol. The molecule has 7 heteroatoms. The number of allylic oxidation sites excluding steroid dienone is 2. The molecule has 0 saturated heterocycles. The van der Waals surface area contributed by atoms with Gasteiger partial charge < -0.3 is 35.7 Å². The lowest BCUT2D eigenvalue weighted by atomic mass is 9.32. The number of aliphatic hydroxyl groups excluding tert-OH is 1. The maximum atomic E-state index is 11.6. The van der Waals surface area contributed by atoms with Gasteiger partial charge in [0.2, 0.25) is 11.6 Å². The highest BCUT2D eigenvalue weighted by molar-refractivity contribution is 5.35. The standard InChI is InChI=1S/C30H50O7/c1-22(2)12-13-23(3)14-15-24(4)18(19(23)16-22)8-9-20-25(24,5)11-10-21-26(6,17-31)28(32,33)30(36,37)29(34,35)27(20,21)7/h8,19-21,31-37H,9-17H2,1-7H3/t19-,20+,21?,23-,24-,25-,26?,27-/m1/s1. The molecule has 0 radical (unpaired) electrons. The predicted octanol–water partition coefficient (Wildman–Crippen LogP) is 3.04. The first kappa shape index (κ1) is 28.0. The second kappa shape index (κ2) is 7.39. The molecule has 0 spiro atoms. The summed E-state index contributed by atoms with van der Waals surface area (Å²) in [5.74, 6) is -10.9. The van der Waals surface area contributed by atoms with Crippen LogP contribution in [0.5, 0.6) is 0 Å². The van der Waals surface area contributed by atoms with Crippen molar-refractivity contribution >= 4 is 0 Å². The van der Waals surface area contributed by atoms with E-state index in [2.05, 4.69) is 40.7 Å². The molecule has 5 aliphatic rings. The van der Waals surface area contributed by atoms with Gasteiger partial charge in [0.1, 0.15) is 0 Å². The van der Waals surface area contributed by atoms with E-state index >= 15 is 0 Å². The molecule has 0 bridgehead atoms. The summed E-state index contributed by atoms with van der Waals surface area (Å²) in [4.78, 5) is 0. The lowest BCUT2D eigenvalue weighted by Gasteiger charge is -2.75. The normalized spacial score (nSPS) is 53.1. The number of fused-ring (bicyclic) bond motifs is 7. The third kappa shape index (κ3) is 2.88. The minimum absolute atomic E-state index is 0.215. The van der Waals surface area contributed by atoms with E-state index in [4.69, 9.17) is 0 Å². The van der Waals surface area contributed by atoms with Crippen LogP contribution >= 0.6 is 0 Å². The molecule has 0 heterocycles. The first-order chi connectivity index (χ1) is 16.6. The molecule has 8 atom stereocenters. The van der Waals surface area contributed by atoms with Crippen molar-refractivity contribution in [2.24, 2.45) is 50.2 Å². The van der Waals surface area contributed by atoms with Crippen molar-refractivity contribution in [1.82, 2.24) is 0 Å². The summed E-state index contributed by atoms with van der Waals surface area (Å²) < 4.78 is 0. The molecule has 0 aliphatic heterocycles. The molecule has 5 aliphatic carbocycles. The van der Waals surface area contributed by atoms with Crippen molar-refractivity contribution in [3.05, 3.63) is 11.6 Å². The third-order valence-corrected chi connectivity index (χ3v) is 13.8. The largest absolute Gasteiger partial charge is 0.396 e. The molecular weight excluding hydrogens is 472 g/mol. The van der Waals surface area contributed by atoms with E-state index in [0.29, 0.717) is 25.2 Å². The van der Waals surface area contributed by atoms with Crippen LogP contribution in [0.2, 0.25) is 0 Å². The van der Waals surface area contributed by atoms with Crippen LogP contribution in [0.25, 0.3) is 0 Å². The van der Waals surface area contributed by atoms with Crippen LogP contribution in [0.3, 0.4) is 0 Å². The third-order valence-electron chi connectivity index (χ3n) is 13.8. The minimum Gasteiger partial charge on any atom is -0.396 e. The van der Waals surface area contributed by atoms with Crippen LogP contribution in [0.4, 0.5) is 0 Å². The molecule has 5 rings (SSSR count). The van der Waals surface area contributed by atoms with E-state index in [-0.39, 0.29) is 27.6 Å². The van der Waals surface area contributed by atoms with Gasteiger partial charge in [0.15, 0.2) is 0 Å². The Morgan fingerprint density at radius 2 is 1.32 bits per heavy atom. The SMILES string of the molecule is CC1(C)CC[C@]2(C)CC[C@]3(C)C(=CC[C@@H]4[C@]5(C)C(CC[C@]43C)C(C)(CO)C(O)(O)C(O)(O)C5(O)O)[C@H]2C1. The lowest BCUT2D eigenvalue weighted by Crippen LogP contribution is -2.87. The number of rotatable bonds is 1. The summed E-state index contributed by atoms with van der Waals surface area (Å²) in [5, 5.41) is 77.6. The monoisotopic (exact) mass is 522 g/mol. The highest BCUT2D eigenvalue weighted by Gasteiger charge is 2.85. The van der Waals surface area contributed by atoms with Gasteiger partial charge in [-0.2, -0.15) is 0 Å². The molecule has 4 saturated carbocycles. The molecule has 4 fully saturated rings. The number of aliphatic hydroxyl groups is 7. The zero-order chi connectivity index (χ0) is 27.9. The Kier molecular flexibility index (Phi) is 5.60. The van der Waals surface area contributed by atoms with Crippen molar-refractivity contribution in [2.45, 2.75) is 117 Å². The van der Waals surface area contributed by atoms with E-state index in [1.165, 1.54) is 25.3 Å². The van der Waals surface area contributed by atoms with Gasteiger partial charge in [0, 0.05) is 5.41 Å². The smallest absolute Gasteiger partial charge is 0.275 e. The first-order valence-corrected chi connectivity index (χ1v) is 14.3. The van der Waals surface area contributed by atoms with Crippen molar-refractivity contribution in [1.29, 1.82) is 0 Å². The highest BCUT2D eigenvalue weighted by Crippen LogP contribution is 2.78. The molecule has 0 aromatic rings. The Hall–Kier alpha value is -0.540. The fraction of sp³-hybridized carbons (Fsp3) is 0.933. The summed E-state index contributed by atoms with van der Waals surface area (Å²) in [6.45, 7) is 14.0. The maximum Gasteiger partial charge on any atom is 0.275 e. The van der Waals surface area contributed by atoms with Crippen molar-refractivity contribution in [3.8, 4) is 0 Å². The van der Waals surface area contributed by atoms with E-state index in [9.17, 15) is 35.7 Å². The van der Waals surface area contributed by atoms with E-state index in [0.717, 1.165) is 19.3 Å². The maximum absolute atomic E-state index is 11.6. The van der Waals surface area contributed by atoms with Gasteiger partial charge in [-0.05, 0) is 90.8 Å². The summed E-state index contributed by atoms with van der Waals surface area (Å²) in [6.07, 6.45) is 9.60. The average Bonchev–Trinajstić information content (AvgIpc) is 2.79. The summed E-state index contributed by atoms with van der Waals surface area (Å²) in [5.41, 5.74) is -1.93. The van der Waals surface area contributed by atoms with Gasteiger partial charge >= 0.3 is 0 Å². The van der Waals surface area contributed by atoms with Gasteiger partial charge in [0.25, 0.3) is 5.79 Å². The van der Waals surface area contributed by atoms with Crippen LogP contribution in [-0.2, 0) is 0 Å². The summed E-state index contributed by atoms with van der Waals surface area (Å²) in [6, 6.07) is 0. The van der Waals surface area contributed by atoms with Crippen molar-refractivity contribution in [3.63, 3.8) is 0 Å². The Balaban J connectivity index is 1.68. The summed E-state index contributed by atoms with van der Waals surface area (Å²) in [7, 11) is 0. The van der Waals surface area contributed by atoms with Gasteiger partial charge in [-0.25, -0.2) is 0 Å². The molecule has 2 unspecified atom stereocenters. The van der Waals surface area contributed by atoms with E-state index in [1.807, 2.05) is 0 Å². The zero-order valence-electron chi connectivity index (χ0n) is 23.8. The van der Waals surface area contributed by atoms with Crippen LogP contribution in [0.15, 0.2) is 11.6 Å². The molecule has 0 aromatic heterocycles. The topological polar surface area (TPSA) is 142 Å². The number of hydrogen-bond acceptors (Lipinski definition) is 7.